The van der Waals surface area contributed by atoms with Crippen molar-refractivity contribution in [1.82, 2.24) is 0 Å². The van der Waals surface area contributed by atoms with Gasteiger partial charge in [0.15, 0.2) is 0 Å². The number of thiophene rings is 1. The van der Waals surface area contributed by atoms with E-state index in [9.17, 15) is 4.39 Å². The molecule has 1 aromatic heterocycles. The summed E-state index contributed by atoms with van der Waals surface area (Å²) in [5.41, 5.74) is 0. The predicted molar refractivity (Wildman–Crippen MR) is 67.8 cm³/mol. The second-order valence-corrected chi connectivity index (χ2v) is 5.32. The first-order valence-electron chi connectivity index (χ1n) is 4.46. The van der Waals surface area contributed by atoms with Gasteiger partial charge in [0.25, 0.3) is 0 Å². The summed E-state index contributed by atoms with van der Waals surface area (Å²) in [7, 11) is 0. The normalized spacial score (nSPS) is 10.4. The number of hydrogen-bond acceptors (Lipinski definition) is 2. The fourth-order valence-corrected chi connectivity index (χ4v) is 2.69. The van der Waals surface area contributed by atoms with E-state index < -0.39 is 5.82 Å². The molecule has 0 aliphatic rings. The van der Waals surface area contributed by atoms with Crippen LogP contribution < -0.4 is 4.74 Å². The van der Waals surface area contributed by atoms with E-state index in [4.69, 9.17) is 16.3 Å². The number of benzene rings is 1. The number of halogens is 3. The van der Waals surface area contributed by atoms with Gasteiger partial charge in [-0.25, -0.2) is 4.39 Å². The topological polar surface area (TPSA) is 9.23 Å². The molecule has 0 fully saturated rings. The predicted octanol–water partition coefficient (Wildman–Crippen LogP) is 4.88. The first-order valence-corrected chi connectivity index (χ1v) is 6.51. The SMILES string of the molecule is Fc1ccc(OCc2sccc2Br)cc1Cl. The van der Waals surface area contributed by atoms with Gasteiger partial charge in [-0.05, 0) is 39.5 Å². The second-order valence-electron chi connectivity index (χ2n) is 3.06. The molecule has 1 heterocycles. The molecule has 0 atom stereocenters. The highest BCUT2D eigenvalue weighted by molar-refractivity contribution is 9.10. The van der Waals surface area contributed by atoms with E-state index in [1.165, 1.54) is 12.1 Å². The van der Waals surface area contributed by atoms with E-state index in [0.29, 0.717) is 12.4 Å². The first kappa shape index (κ1) is 11.9. The monoisotopic (exact) mass is 320 g/mol. The Balaban J connectivity index is 2.05. The molecule has 5 heteroatoms. The van der Waals surface area contributed by atoms with Crippen LogP contribution in [0.25, 0.3) is 0 Å². The van der Waals surface area contributed by atoms with Gasteiger partial charge in [0, 0.05) is 10.5 Å². The summed E-state index contributed by atoms with van der Waals surface area (Å²) < 4.78 is 19.4. The zero-order valence-electron chi connectivity index (χ0n) is 8.04. The van der Waals surface area contributed by atoms with Crippen molar-refractivity contribution in [2.24, 2.45) is 0 Å². The molecule has 2 rings (SSSR count). The van der Waals surface area contributed by atoms with Gasteiger partial charge in [-0.15, -0.1) is 11.3 Å². The summed E-state index contributed by atoms with van der Waals surface area (Å²) >= 11 is 10.7. The summed E-state index contributed by atoms with van der Waals surface area (Å²) in [6.07, 6.45) is 0. The van der Waals surface area contributed by atoms with Crippen molar-refractivity contribution in [2.45, 2.75) is 6.61 Å². The molecular weight excluding hydrogens is 315 g/mol. The fourth-order valence-electron chi connectivity index (χ4n) is 1.14. The Labute approximate surface area is 110 Å². The highest BCUT2D eigenvalue weighted by Crippen LogP contribution is 2.26. The van der Waals surface area contributed by atoms with E-state index in [-0.39, 0.29) is 5.02 Å². The molecule has 0 saturated heterocycles. The Morgan fingerprint density at radius 1 is 1.38 bits per heavy atom. The maximum absolute atomic E-state index is 12.9. The van der Waals surface area contributed by atoms with E-state index >= 15 is 0 Å². The summed E-state index contributed by atoms with van der Waals surface area (Å²) in [6, 6.07) is 6.28. The minimum atomic E-state index is -0.439. The van der Waals surface area contributed by atoms with Gasteiger partial charge >= 0.3 is 0 Å². The van der Waals surface area contributed by atoms with Crippen molar-refractivity contribution in [2.75, 3.05) is 0 Å². The Kier molecular flexibility index (Phi) is 3.84. The Hall–Kier alpha value is -0.580. The lowest BCUT2D eigenvalue weighted by Gasteiger charge is -2.05. The fraction of sp³-hybridized carbons (Fsp3) is 0.0909. The average molecular weight is 322 g/mol. The van der Waals surface area contributed by atoms with Crippen LogP contribution in [0.5, 0.6) is 5.75 Å². The number of ether oxygens (including phenoxy) is 1. The van der Waals surface area contributed by atoms with E-state index in [1.54, 1.807) is 17.4 Å². The lowest BCUT2D eigenvalue weighted by Crippen LogP contribution is -1.93. The van der Waals surface area contributed by atoms with E-state index in [2.05, 4.69) is 15.9 Å². The summed E-state index contributed by atoms with van der Waals surface area (Å²) in [6.45, 7) is 0.445. The molecule has 1 nitrogen and oxygen atoms in total. The molecule has 0 N–H and O–H groups in total. The van der Waals surface area contributed by atoms with Crippen LogP contribution in [0.1, 0.15) is 4.88 Å². The van der Waals surface area contributed by atoms with Gasteiger partial charge < -0.3 is 4.74 Å². The van der Waals surface area contributed by atoms with Crippen LogP contribution in [-0.4, -0.2) is 0 Å². The lowest BCUT2D eigenvalue weighted by atomic mass is 10.3. The van der Waals surface area contributed by atoms with Gasteiger partial charge in [0.05, 0.1) is 9.90 Å². The standard InChI is InChI=1S/C11H7BrClFOS/c12-8-3-4-16-11(8)6-15-7-1-2-10(14)9(13)5-7/h1-5H,6H2. The minimum absolute atomic E-state index is 0.0720. The highest BCUT2D eigenvalue weighted by atomic mass is 79.9. The third kappa shape index (κ3) is 2.75. The molecule has 0 aliphatic carbocycles. The Morgan fingerprint density at radius 3 is 2.81 bits per heavy atom. The largest absolute Gasteiger partial charge is 0.488 e. The molecule has 84 valence electrons. The van der Waals surface area contributed by atoms with Crippen LogP contribution in [0, 0.1) is 5.82 Å². The van der Waals surface area contributed by atoms with Gasteiger partial charge in [0.1, 0.15) is 18.2 Å². The summed E-state index contributed by atoms with van der Waals surface area (Å²) in [4.78, 5) is 1.08. The minimum Gasteiger partial charge on any atom is -0.488 e. The maximum Gasteiger partial charge on any atom is 0.142 e. The van der Waals surface area contributed by atoms with Crippen LogP contribution in [0.3, 0.4) is 0 Å². The lowest BCUT2D eigenvalue weighted by molar-refractivity contribution is 0.308. The molecule has 0 amide bonds. The Bertz CT molecular complexity index is 500. The zero-order valence-corrected chi connectivity index (χ0v) is 11.2. The molecule has 0 radical (unpaired) electrons. The first-order chi connectivity index (χ1) is 7.66. The van der Waals surface area contributed by atoms with Crippen molar-refractivity contribution in [3.8, 4) is 5.75 Å². The van der Waals surface area contributed by atoms with Crippen molar-refractivity contribution in [1.29, 1.82) is 0 Å². The third-order valence-electron chi connectivity index (χ3n) is 1.95. The number of rotatable bonds is 3. The van der Waals surface area contributed by atoms with Crippen molar-refractivity contribution >= 4 is 38.9 Å². The van der Waals surface area contributed by atoms with Crippen molar-refractivity contribution in [3.63, 3.8) is 0 Å². The van der Waals surface area contributed by atoms with Gasteiger partial charge in [-0.1, -0.05) is 11.6 Å². The molecule has 1 aromatic carbocycles. The van der Waals surface area contributed by atoms with Crippen LogP contribution in [0.15, 0.2) is 34.1 Å². The molecule has 16 heavy (non-hydrogen) atoms. The van der Waals surface area contributed by atoms with Crippen LogP contribution >= 0.6 is 38.9 Å². The maximum atomic E-state index is 12.9. The van der Waals surface area contributed by atoms with Gasteiger partial charge in [-0.2, -0.15) is 0 Å². The Morgan fingerprint density at radius 2 is 2.19 bits per heavy atom. The third-order valence-corrected chi connectivity index (χ3v) is 4.14. The zero-order chi connectivity index (χ0) is 11.5. The van der Waals surface area contributed by atoms with Gasteiger partial charge in [-0.3, -0.25) is 0 Å². The van der Waals surface area contributed by atoms with Crippen molar-refractivity contribution < 1.29 is 9.13 Å². The quantitative estimate of drug-likeness (QED) is 0.782. The molecule has 0 aliphatic heterocycles. The summed E-state index contributed by atoms with van der Waals surface area (Å²) in [5.74, 6) is 0.123. The molecule has 2 aromatic rings. The van der Waals surface area contributed by atoms with E-state index in [0.717, 1.165) is 9.35 Å². The van der Waals surface area contributed by atoms with Crippen molar-refractivity contribution in [3.05, 3.63) is 49.8 Å². The molecule has 0 spiro atoms. The average Bonchev–Trinajstić information content (AvgIpc) is 2.66. The smallest absolute Gasteiger partial charge is 0.142 e. The van der Waals surface area contributed by atoms with Crippen LogP contribution in [0.2, 0.25) is 5.02 Å². The molecule has 0 unspecified atom stereocenters. The van der Waals surface area contributed by atoms with Crippen LogP contribution in [-0.2, 0) is 6.61 Å². The van der Waals surface area contributed by atoms with E-state index in [1.807, 2.05) is 11.4 Å². The molecule has 0 bridgehead atoms. The van der Waals surface area contributed by atoms with Gasteiger partial charge in [0.2, 0.25) is 0 Å². The molecule has 0 saturated carbocycles. The van der Waals surface area contributed by atoms with Crippen LogP contribution in [0.4, 0.5) is 4.39 Å². The number of hydrogen-bond donors (Lipinski definition) is 0. The second kappa shape index (κ2) is 5.17. The molecular formula is C11H7BrClFOS. The highest BCUT2D eigenvalue weighted by Gasteiger charge is 2.04. The summed E-state index contributed by atoms with van der Waals surface area (Å²) in [5, 5.41) is 2.04.